The second-order valence-electron chi connectivity index (χ2n) is 5.40. The van der Waals surface area contributed by atoms with E-state index in [1.807, 2.05) is 18.2 Å². The summed E-state index contributed by atoms with van der Waals surface area (Å²) < 4.78 is 0. The van der Waals surface area contributed by atoms with Gasteiger partial charge >= 0.3 is 6.03 Å². The molecule has 0 aromatic heterocycles. The maximum absolute atomic E-state index is 12.4. The van der Waals surface area contributed by atoms with E-state index in [4.69, 9.17) is 0 Å². The van der Waals surface area contributed by atoms with Crippen LogP contribution in [0.1, 0.15) is 24.0 Å². The number of amides is 2. The second-order valence-corrected chi connectivity index (χ2v) is 5.40. The van der Waals surface area contributed by atoms with E-state index in [1.54, 1.807) is 29.2 Å². The van der Waals surface area contributed by atoms with Gasteiger partial charge in [0.15, 0.2) is 0 Å². The number of carbonyl (C=O) groups excluding carboxylic acids is 1. The van der Waals surface area contributed by atoms with Gasteiger partial charge in [0.25, 0.3) is 0 Å². The molecule has 2 amide bonds. The molecule has 1 aliphatic rings. The average Bonchev–Trinajstić information content (AvgIpc) is 2.84. The largest absolute Gasteiger partial charge is 0.508 e. The van der Waals surface area contributed by atoms with Gasteiger partial charge in [-0.3, -0.25) is 4.90 Å². The van der Waals surface area contributed by atoms with E-state index in [9.17, 15) is 9.90 Å². The quantitative estimate of drug-likeness (QED) is 0.888. The summed E-state index contributed by atoms with van der Waals surface area (Å²) in [5, 5.41) is 12.2. The van der Waals surface area contributed by atoms with Crippen molar-refractivity contribution in [1.82, 2.24) is 5.32 Å². The summed E-state index contributed by atoms with van der Waals surface area (Å²) in [7, 11) is 0. The highest BCUT2D eigenvalue weighted by Gasteiger charge is 2.29. The van der Waals surface area contributed by atoms with Crippen LogP contribution in [0.3, 0.4) is 0 Å². The van der Waals surface area contributed by atoms with E-state index in [0.717, 1.165) is 11.3 Å². The Bertz CT molecular complexity index is 652. The number of carbonyl (C=O) groups is 1. The van der Waals surface area contributed by atoms with Crippen LogP contribution in [0.2, 0.25) is 0 Å². The van der Waals surface area contributed by atoms with Crippen molar-refractivity contribution >= 4 is 11.7 Å². The van der Waals surface area contributed by atoms with Gasteiger partial charge in [0.1, 0.15) is 5.75 Å². The number of nitrogens with zero attached hydrogens (tertiary/aromatic N) is 1. The van der Waals surface area contributed by atoms with Crippen LogP contribution in [-0.2, 0) is 6.54 Å². The van der Waals surface area contributed by atoms with Gasteiger partial charge in [-0.25, -0.2) is 4.79 Å². The molecule has 4 heteroatoms. The number of hydrogen-bond donors (Lipinski definition) is 2. The van der Waals surface area contributed by atoms with Crippen molar-refractivity contribution in [1.29, 1.82) is 0 Å². The number of urea groups is 1. The standard InChI is InChI=1S/C17H18N2O2/c1-12-11-19(16-5-3-2-4-15(12)16)17(21)18-10-13-6-8-14(20)9-7-13/h2-9,12,20H,10-11H2,1H3,(H,18,21). The summed E-state index contributed by atoms with van der Waals surface area (Å²) in [6, 6.07) is 14.8. The fourth-order valence-corrected chi connectivity index (χ4v) is 2.70. The van der Waals surface area contributed by atoms with Crippen molar-refractivity contribution in [2.45, 2.75) is 19.4 Å². The third-order valence-electron chi connectivity index (χ3n) is 3.84. The van der Waals surface area contributed by atoms with E-state index < -0.39 is 0 Å². The van der Waals surface area contributed by atoms with Crippen LogP contribution >= 0.6 is 0 Å². The van der Waals surface area contributed by atoms with E-state index in [1.165, 1.54) is 5.56 Å². The lowest BCUT2D eigenvalue weighted by molar-refractivity contribution is 0.246. The third-order valence-corrected chi connectivity index (χ3v) is 3.84. The van der Waals surface area contributed by atoms with Crippen LogP contribution in [0.25, 0.3) is 0 Å². The first-order chi connectivity index (χ1) is 10.1. The Morgan fingerprint density at radius 2 is 1.95 bits per heavy atom. The van der Waals surface area contributed by atoms with Gasteiger partial charge in [0.2, 0.25) is 0 Å². The van der Waals surface area contributed by atoms with Crippen molar-refractivity contribution in [3.63, 3.8) is 0 Å². The summed E-state index contributed by atoms with van der Waals surface area (Å²) in [6.45, 7) is 3.29. The van der Waals surface area contributed by atoms with Gasteiger partial charge < -0.3 is 10.4 Å². The number of phenols is 1. The molecule has 0 radical (unpaired) electrons. The SMILES string of the molecule is CC1CN(C(=O)NCc2ccc(O)cc2)c2ccccc21. The number of anilines is 1. The van der Waals surface area contributed by atoms with Crippen molar-refractivity contribution in [3.05, 3.63) is 59.7 Å². The van der Waals surface area contributed by atoms with Crippen molar-refractivity contribution in [2.24, 2.45) is 0 Å². The zero-order valence-corrected chi connectivity index (χ0v) is 11.9. The Balaban J connectivity index is 1.68. The van der Waals surface area contributed by atoms with Crippen LogP contribution in [-0.4, -0.2) is 17.7 Å². The van der Waals surface area contributed by atoms with E-state index in [2.05, 4.69) is 18.3 Å². The van der Waals surface area contributed by atoms with Gasteiger partial charge in [-0.05, 0) is 29.3 Å². The predicted molar refractivity (Wildman–Crippen MR) is 82.5 cm³/mol. The van der Waals surface area contributed by atoms with Crippen molar-refractivity contribution in [3.8, 4) is 5.75 Å². The van der Waals surface area contributed by atoms with Crippen LogP contribution in [0.5, 0.6) is 5.75 Å². The molecule has 3 rings (SSSR count). The van der Waals surface area contributed by atoms with Crippen LogP contribution in [0, 0.1) is 0 Å². The molecule has 1 aliphatic heterocycles. The molecule has 108 valence electrons. The van der Waals surface area contributed by atoms with Gasteiger partial charge in [-0.15, -0.1) is 0 Å². The normalized spacial score (nSPS) is 16.6. The minimum absolute atomic E-state index is 0.0834. The number of para-hydroxylation sites is 1. The van der Waals surface area contributed by atoms with Gasteiger partial charge in [-0.2, -0.15) is 0 Å². The molecule has 21 heavy (non-hydrogen) atoms. The maximum Gasteiger partial charge on any atom is 0.322 e. The van der Waals surface area contributed by atoms with Crippen LogP contribution < -0.4 is 10.2 Å². The fourth-order valence-electron chi connectivity index (χ4n) is 2.70. The third kappa shape index (κ3) is 2.70. The number of benzene rings is 2. The number of fused-ring (bicyclic) bond motifs is 1. The van der Waals surface area contributed by atoms with Crippen molar-refractivity contribution in [2.75, 3.05) is 11.4 Å². The Kier molecular flexibility index (Phi) is 3.52. The van der Waals surface area contributed by atoms with Gasteiger partial charge in [0, 0.05) is 24.7 Å². The second kappa shape index (κ2) is 5.48. The lowest BCUT2D eigenvalue weighted by Crippen LogP contribution is -2.38. The van der Waals surface area contributed by atoms with E-state index in [-0.39, 0.29) is 11.8 Å². The maximum atomic E-state index is 12.4. The molecule has 0 fully saturated rings. The molecule has 0 saturated heterocycles. The predicted octanol–water partition coefficient (Wildman–Crippen LogP) is 3.23. The van der Waals surface area contributed by atoms with Gasteiger partial charge in [0.05, 0.1) is 0 Å². The molecule has 0 spiro atoms. The molecular formula is C17H18N2O2. The number of nitrogens with one attached hydrogen (secondary N) is 1. The lowest BCUT2D eigenvalue weighted by Gasteiger charge is -2.18. The first kappa shape index (κ1) is 13.5. The molecule has 0 aliphatic carbocycles. The molecule has 0 saturated carbocycles. The monoisotopic (exact) mass is 282 g/mol. The first-order valence-corrected chi connectivity index (χ1v) is 7.07. The van der Waals surface area contributed by atoms with Crippen LogP contribution in [0.15, 0.2) is 48.5 Å². The molecule has 2 aromatic rings. The first-order valence-electron chi connectivity index (χ1n) is 7.07. The lowest BCUT2D eigenvalue weighted by atomic mass is 10.0. The number of aromatic hydroxyl groups is 1. The minimum atomic E-state index is -0.0834. The average molecular weight is 282 g/mol. The summed E-state index contributed by atoms with van der Waals surface area (Å²) >= 11 is 0. The number of hydrogen-bond acceptors (Lipinski definition) is 2. The molecule has 1 heterocycles. The van der Waals surface area contributed by atoms with Crippen LogP contribution in [0.4, 0.5) is 10.5 Å². The molecule has 4 nitrogen and oxygen atoms in total. The summed E-state index contributed by atoms with van der Waals surface area (Å²) in [4.78, 5) is 14.2. The molecular weight excluding hydrogens is 264 g/mol. The van der Waals surface area contributed by atoms with Crippen molar-refractivity contribution < 1.29 is 9.90 Å². The minimum Gasteiger partial charge on any atom is -0.508 e. The Morgan fingerprint density at radius 1 is 1.24 bits per heavy atom. The molecule has 1 atom stereocenters. The smallest absolute Gasteiger partial charge is 0.322 e. The fraction of sp³-hybridized carbons (Fsp3) is 0.235. The Labute approximate surface area is 124 Å². The number of phenolic OH excluding ortho intramolecular Hbond substituents is 1. The van der Waals surface area contributed by atoms with E-state index >= 15 is 0 Å². The van der Waals surface area contributed by atoms with Gasteiger partial charge in [-0.1, -0.05) is 37.3 Å². The summed E-state index contributed by atoms with van der Waals surface area (Å²) in [5.41, 5.74) is 3.17. The molecule has 2 aromatic carbocycles. The summed E-state index contributed by atoms with van der Waals surface area (Å²) in [5.74, 6) is 0.591. The molecule has 0 bridgehead atoms. The zero-order chi connectivity index (χ0) is 14.8. The highest BCUT2D eigenvalue weighted by atomic mass is 16.3. The topological polar surface area (TPSA) is 52.6 Å². The Morgan fingerprint density at radius 3 is 2.71 bits per heavy atom. The highest BCUT2D eigenvalue weighted by molar-refractivity contribution is 5.94. The summed E-state index contributed by atoms with van der Waals surface area (Å²) in [6.07, 6.45) is 0. The highest BCUT2D eigenvalue weighted by Crippen LogP contribution is 2.35. The number of rotatable bonds is 2. The molecule has 1 unspecified atom stereocenters. The van der Waals surface area contributed by atoms with E-state index in [0.29, 0.717) is 19.0 Å². The Hall–Kier alpha value is -2.49. The zero-order valence-electron chi connectivity index (χ0n) is 11.9. The molecule has 2 N–H and O–H groups in total.